The second-order valence-corrected chi connectivity index (χ2v) is 8.14. The Morgan fingerprint density at radius 1 is 0.694 bits per heavy atom. The Morgan fingerprint density at radius 3 is 2.11 bits per heavy atom. The van der Waals surface area contributed by atoms with Gasteiger partial charge in [0.25, 0.3) is 0 Å². The van der Waals surface area contributed by atoms with Crippen LogP contribution in [-0.2, 0) is 12.8 Å². The molecule has 0 radical (unpaired) electrons. The molecule has 0 aromatic heterocycles. The molecule has 0 saturated heterocycles. The highest BCUT2D eigenvalue weighted by Gasteiger charge is 2.13. The number of halogens is 5. The summed E-state index contributed by atoms with van der Waals surface area (Å²) in [6.45, 7) is 2.02. The van der Waals surface area contributed by atoms with E-state index in [1.54, 1.807) is 36.4 Å². The number of benzene rings is 4. The maximum atomic E-state index is 14.6. The molecule has 0 unspecified atom stereocenters. The summed E-state index contributed by atoms with van der Waals surface area (Å²) < 4.78 is 75.6. The van der Waals surface area contributed by atoms with Crippen LogP contribution < -0.4 is 4.74 Å². The van der Waals surface area contributed by atoms with Crippen molar-refractivity contribution in [2.45, 2.75) is 19.8 Å². The first kappa shape index (κ1) is 25.0. The molecular formula is C30H21F5O. The van der Waals surface area contributed by atoms with E-state index >= 15 is 0 Å². The lowest BCUT2D eigenvalue weighted by Crippen LogP contribution is -2.02. The van der Waals surface area contributed by atoms with Gasteiger partial charge < -0.3 is 4.74 Å². The third-order valence-corrected chi connectivity index (χ3v) is 5.61. The number of hydrogen-bond acceptors (Lipinski definition) is 1. The van der Waals surface area contributed by atoms with Crippen LogP contribution in [0.3, 0.4) is 0 Å². The standard InChI is InChI=1S/C30H21F5O/c1-2-3-12-36-24-17-27(32)25(28(33)18-24)11-7-20-5-9-21(26(31)14-20)8-4-19-6-10-22-15-29(34)30(35)16-23(22)13-19/h2-3,5-6,9-10,13-18H,7,11-12H2,1H3/b3-2+. The summed E-state index contributed by atoms with van der Waals surface area (Å²) in [5.41, 5.74) is 1.13. The highest BCUT2D eigenvalue weighted by Crippen LogP contribution is 2.23. The van der Waals surface area contributed by atoms with Gasteiger partial charge in [-0.1, -0.05) is 36.1 Å². The average molecular weight is 492 g/mol. The summed E-state index contributed by atoms with van der Waals surface area (Å²) >= 11 is 0. The molecule has 0 aliphatic heterocycles. The first-order chi connectivity index (χ1) is 17.3. The van der Waals surface area contributed by atoms with E-state index in [-0.39, 0.29) is 36.3 Å². The zero-order valence-corrected chi connectivity index (χ0v) is 19.3. The lowest BCUT2D eigenvalue weighted by Gasteiger charge is -2.09. The summed E-state index contributed by atoms with van der Waals surface area (Å²) in [5.74, 6) is 1.77. The fourth-order valence-corrected chi connectivity index (χ4v) is 3.69. The number of aryl methyl sites for hydroxylation is 1. The zero-order valence-electron chi connectivity index (χ0n) is 19.3. The van der Waals surface area contributed by atoms with Crippen LogP contribution in [0.25, 0.3) is 10.8 Å². The molecule has 182 valence electrons. The van der Waals surface area contributed by atoms with E-state index in [9.17, 15) is 22.0 Å². The van der Waals surface area contributed by atoms with Crippen LogP contribution in [0, 0.1) is 40.9 Å². The second kappa shape index (κ2) is 11.1. The molecular weight excluding hydrogens is 471 g/mol. The molecule has 4 rings (SSSR count). The van der Waals surface area contributed by atoms with E-state index in [0.29, 0.717) is 21.9 Å². The van der Waals surface area contributed by atoms with Crippen molar-refractivity contribution in [1.29, 1.82) is 0 Å². The van der Waals surface area contributed by atoms with E-state index in [2.05, 4.69) is 11.8 Å². The highest BCUT2D eigenvalue weighted by molar-refractivity contribution is 5.84. The monoisotopic (exact) mass is 492 g/mol. The summed E-state index contributed by atoms with van der Waals surface area (Å²) in [6, 6.07) is 13.7. The maximum absolute atomic E-state index is 14.6. The van der Waals surface area contributed by atoms with Crippen molar-refractivity contribution in [3.05, 3.63) is 124 Å². The van der Waals surface area contributed by atoms with Crippen LogP contribution in [0.1, 0.15) is 29.2 Å². The Balaban J connectivity index is 1.46. The first-order valence-corrected chi connectivity index (χ1v) is 11.2. The van der Waals surface area contributed by atoms with Gasteiger partial charge in [0.05, 0.1) is 5.56 Å². The van der Waals surface area contributed by atoms with E-state index in [4.69, 9.17) is 4.74 Å². The smallest absolute Gasteiger partial charge is 0.159 e. The summed E-state index contributed by atoms with van der Waals surface area (Å²) in [4.78, 5) is 0. The molecule has 0 atom stereocenters. The van der Waals surface area contributed by atoms with Gasteiger partial charge in [-0.15, -0.1) is 0 Å². The number of hydrogen-bond donors (Lipinski definition) is 0. The normalized spacial score (nSPS) is 11.1. The average Bonchev–Trinajstić information content (AvgIpc) is 2.84. The Kier molecular flexibility index (Phi) is 7.70. The molecule has 0 fully saturated rings. The minimum atomic E-state index is -0.956. The Labute approximate surface area is 205 Å². The molecule has 0 saturated carbocycles. The largest absolute Gasteiger partial charge is 0.489 e. The molecule has 0 aliphatic carbocycles. The fraction of sp³-hybridized carbons (Fsp3) is 0.133. The van der Waals surface area contributed by atoms with Gasteiger partial charge in [-0.25, -0.2) is 22.0 Å². The summed E-state index contributed by atoms with van der Waals surface area (Å²) in [5, 5.41) is 1.01. The molecule has 0 bridgehead atoms. The van der Waals surface area contributed by atoms with Crippen LogP contribution in [0.4, 0.5) is 22.0 Å². The predicted molar refractivity (Wildman–Crippen MR) is 130 cm³/mol. The van der Waals surface area contributed by atoms with Crippen molar-refractivity contribution in [2.75, 3.05) is 6.61 Å². The van der Waals surface area contributed by atoms with Gasteiger partial charge in [0.15, 0.2) is 11.6 Å². The molecule has 0 amide bonds. The minimum Gasteiger partial charge on any atom is -0.489 e. The van der Waals surface area contributed by atoms with Crippen molar-refractivity contribution >= 4 is 10.8 Å². The van der Waals surface area contributed by atoms with Gasteiger partial charge >= 0.3 is 0 Å². The Bertz CT molecular complexity index is 1490. The van der Waals surface area contributed by atoms with Crippen molar-refractivity contribution < 1.29 is 26.7 Å². The third-order valence-electron chi connectivity index (χ3n) is 5.61. The van der Waals surface area contributed by atoms with Crippen molar-refractivity contribution in [3.63, 3.8) is 0 Å². The van der Waals surface area contributed by atoms with Crippen LogP contribution in [-0.4, -0.2) is 6.61 Å². The molecule has 0 aliphatic rings. The second-order valence-electron chi connectivity index (χ2n) is 8.14. The van der Waals surface area contributed by atoms with Gasteiger partial charge in [0.2, 0.25) is 0 Å². The van der Waals surface area contributed by atoms with Crippen molar-refractivity contribution in [2.24, 2.45) is 0 Å². The molecule has 1 nitrogen and oxygen atoms in total. The molecule has 36 heavy (non-hydrogen) atoms. The Morgan fingerprint density at radius 2 is 1.42 bits per heavy atom. The number of fused-ring (bicyclic) bond motifs is 1. The SMILES string of the molecule is C/C=C/COc1cc(F)c(CCc2ccc(C#Cc3ccc4cc(F)c(F)cc4c3)c(F)c2)c(F)c1. The van der Waals surface area contributed by atoms with Crippen LogP contribution in [0.2, 0.25) is 0 Å². The quantitative estimate of drug-likeness (QED) is 0.152. The minimum absolute atomic E-state index is 0.0471. The molecule has 0 N–H and O–H groups in total. The first-order valence-electron chi connectivity index (χ1n) is 11.2. The van der Waals surface area contributed by atoms with Crippen LogP contribution in [0.5, 0.6) is 5.75 Å². The van der Waals surface area contributed by atoms with Crippen LogP contribution in [0.15, 0.2) is 72.8 Å². The maximum Gasteiger partial charge on any atom is 0.159 e. The van der Waals surface area contributed by atoms with E-state index in [0.717, 1.165) is 24.3 Å². The molecule has 0 spiro atoms. The molecule has 0 heterocycles. The fourth-order valence-electron chi connectivity index (χ4n) is 3.69. The van der Waals surface area contributed by atoms with E-state index in [1.807, 2.05) is 6.92 Å². The van der Waals surface area contributed by atoms with Gasteiger partial charge in [0, 0.05) is 23.3 Å². The van der Waals surface area contributed by atoms with Crippen molar-refractivity contribution in [1.82, 2.24) is 0 Å². The van der Waals surface area contributed by atoms with E-state index < -0.39 is 29.1 Å². The number of allylic oxidation sites excluding steroid dienone is 1. The highest BCUT2D eigenvalue weighted by atomic mass is 19.2. The van der Waals surface area contributed by atoms with Gasteiger partial charge in [-0.3, -0.25) is 0 Å². The number of rotatable bonds is 6. The van der Waals surface area contributed by atoms with Gasteiger partial charge in [-0.2, -0.15) is 0 Å². The van der Waals surface area contributed by atoms with Gasteiger partial charge in [0.1, 0.15) is 29.8 Å². The van der Waals surface area contributed by atoms with Gasteiger partial charge in [-0.05, 0) is 72.5 Å². The number of ether oxygens (including phenoxy) is 1. The summed E-state index contributed by atoms with van der Waals surface area (Å²) in [6.07, 6.45) is 3.76. The topological polar surface area (TPSA) is 9.23 Å². The molecule has 6 heteroatoms. The predicted octanol–water partition coefficient (Wildman–Crippen LogP) is 7.68. The molecule has 4 aromatic rings. The summed E-state index contributed by atoms with van der Waals surface area (Å²) in [7, 11) is 0. The van der Waals surface area contributed by atoms with Crippen LogP contribution >= 0.6 is 0 Å². The third kappa shape index (κ3) is 5.92. The Hall–Kier alpha value is -4.11. The lowest BCUT2D eigenvalue weighted by molar-refractivity contribution is 0.356. The lowest BCUT2D eigenvalue weighted by atomic mass is 10.0. The zero-order chi connectivity index (χ0) is 25.7. The molecule has 4 aromatic carbocycles. The van der Waals surface area contributed by atoms with Crippen molar-refractivity contribution in [3.8, 4) is 17.6 Å². The van der Waals surface area contributed by atoms with E-state index in [1.165, 1.54) is 12.1 Å².